The van der Waals surface area contributed by atoms with Crippen molar-refractivity contribution in [3.05, 3.63) is 52.9 Å². The molecule has 3 aromatic rings. The summed E-state index contributed by atoms with van der Waals surface area (Å²) in [5.41, 5.74) is 1.80. The molecule has 1 aromatic carbocycles. The van der Waals surface area contributed by atoms with Crippen molar-refractivity contribution in [2.45, 2.75) is 6.54 Å². The van der Waals surface area contributed by atoms with Crippen molar-refractivity contribution in [3.63, 3.8) is 0 Å². The molecule has 0 atom stereocenters. The van der Waals surface area contributed by atoms with Crippen LogP contribution in [-0.2, 0) is 6.54 Å². The summed E-state index contributed by atoms with van der Waals surface area (Å²) >= 11 is 5.97. The fourth-order valence-electron chi connectivity index (χ4n) is 2.58. The third-order valence-corrected chi connectivity index (χ3v) is 4.07. The van der Waals surface area contributed by atoms with Crippen molar-refractivity contribution in [2.75, 3.05) is 21.3 Å². The van der Waals surface area contributed by atoms with Crippen molar-refractivity contribution in [2.24, 2.45) is 0 Å². The normalized spacial score (nSPS) is 10.6. The second-order valence-corrected chi connectivity index (χ2v) is 5.87. The minimum atomic E-state index is -0.308. The van der Waals surface area contributed by atoms with Gasteiger partial charge in [0.25, 0.3) is 5.91 Å². The highest BCUT2D eigenvalue weighted by molar-refractivity contribution is 6.30. The molecule has 1 N–H and O–H groups in total. The lowest BCUT2D eigenvalue weighted by Gasteiger charge is -2.13. The SMILES string of the molecule is COc1cc(OC)c(C(=O)NCc2cn3cc(Cl)ccc3n2)cc1OC. The van der Waals surface area contributed by atoms with Gasteiger partial charge in [0.2, 0.25) is 0 Å². The Hall–Kier alpha value is -2.93. The number of imidazole rings is 1. The molecule has 0 radical (unpaired) electrons. The summed E-state index contributed by atoms with van der Waals surface area (Å²) < 4.78 is 17.6. The Morgan fingerprint density at radius 1 is 1.08 bits per heavy atom. The van der Waals surface area contributed by atoms with E-state index in [9.17, 15) is 4.79 Å². The van der Waals surface area contributed by atoms with Gasteiger partial charge in [-0.05, 0) is 12.1 Å². The molecule has 3 rings (SSSR count). The van der Waals surface area contributed by atoms with E-state index in [-0.39, 0.29) is 12.5 Å². The standard InChI is InChI=1S/C18H18ClN3O4/c1-24-14-7-16(26-3)15(25-2)6-13(14)18(23)20-8-12-10-22-9-11(19)4-5-17(22)21-12/h4-7,9-10H,8H2,1-3H3,(H,20,23). The number of rotatable bonds is 6. The summed E-state index contributed by atoms with van der Waals surface area (Å²) in [5, 5.41) is 3.44. The first-order valence-electron chi connectivity index (χ1n) is 7.77. The Morgan fingerprint density at radius 2 is 1.77 bits per heavy atom. The third kappa shape index (κ3) is 3.52. The lowest BCUT2D eigenvalue weighted by atomic mass is 10.1. The van der Waals surface area contributed by atoms with Crippen LogP contribution in [0.5, 0.6) is 17.2 Å². The minimum absolute atomic E-state index is 0.260. The van der Waals surface area contributed by atoms with Crippen molar-refractivity contribution in [1.82, 2.24) is 14.7 Å². The summed E-state index contributed by atoms with van der Waals surface area (Å²) in [4.78, 5) is 17.0. The van der Waals surface area contributed by atoms with E-state index in [2.05, 4.69) is 10.3 Å². The molecule has 0 spiro atoms. The number of carbonyl (C=O) groups excluding carboxylic acids is 1. The summed E-state index contributed by atoms with van der Waals surface area (Å²) in [5.74, 6) is 1.01. The average molecular weight is 376 g/mol. The van der Waals surface area contributed by atoms with Crippen LogP contribution in [0.15, 0.2) is 36.7 Å². The smallest absolute Gasteiger partial charge is 0.255 e. The molecule has 2 heterocycles. The zero-order chi connectivity index (χ0) is 18.7. The molecule has 0 saturated heterocycles. The number of carbonyl (C=O) groups is 1. The van der Waals surface area contributed by atoms with Crippen LogP contribution in [0.4, 0.5) is 0 Å². The maximum absolute atomic E-state index is 12.6. The van der Waals surface area contributed by atoms with Gasteiger partial charge in [-0.2, -0.15) is 0 Å². The molecule has 136 valence electrons. The first kappa shape index (κ1) is 17.9. The largest absolute Gasteiger partial charge is 0.496 e. The van der Waals surface area contributed by atoms with Crippen LogP contribution >= 0.6 is 11.6 Å². The third-order valence-electron chi connectivity index (χ3n) is 3.85. The predicted octanol–water partition coefficient (Wildman–Crippen LogP) is 2.94. The predicted molar refractivity (Wildman–Crippen MR) is 97.5 cm³/mol. The number of benzene rings is 1. The van der Waals surface area contributed by atoms with E-state index in [1.165, 1.54) is 21.3 Å². The van der Waals surface area contributed by atoms with Gasteiger partial charge in [0.15, 0.2) is 11.5 Å². The van der Waals surface area contributed by atoms with Crippen molar-refractivity contribution in [1.29, 1.82) is 0 Å². The number of hydrogen-bond acceptors (Lipinski definition) is 5. The zero-order valence-electron chi connectivity index (χ0n) is 14.6. The monoisotopic (exact) mass is 375 g/mol. The molecule has 0 bridgehead atoms. The van der Waals surface area contributed by atoms with Crippen molar-refractivity contribution < 1.29 is 19.0 Å². The molecule has 26 heavy (non-hydrogen) atoms. The van der Waals surface area contributed by atoms with Crippen LogP contribution in [0.2, 0.25) is 5.02 Å². The Kier molecular flexibility index (Phi) is 5.18. The number of pyridine rings is 1. The van der Waals surface area contributed by atoms with E-state index in [1.807, 2.05) is 12.3 Å². The molecule has 0 fully saturated rings. The Bertz CT molecular complexity index is 955. The maximum atomic E-state index is 12.6. The van der Waals surface area contributed by atoms with E-state index < -0.39 is 0 Å². The Balaban J connectivity index is 1.80. The van der Waals surface area contributed by atoms with Crippen LogP contribution in [0, 0.1) is 0 Å². The van der Waals surface area contributed by atoms with Crippen molar-refractivity contribution >= 4 is 23.2 Å². The molecule has 8 heteroatoms. The van der Waals surface area contributed by atoms with Crippen LogP contribution in [-0.4, -0.2) is 36.6 Å². The molecule has 0 aliphatic carbocycles. The fourth-order valence-corrected chi connectivity index (χ4v) is 2.74. The molecule has 0 aliphatic heterocycles. The molecular formula is C18H18ClN3O4. The average Bonchev–Trinajstić information content (AvgIpc) is 3.06. The molecule has 0 aliphatic rings. The van der Waals surface area contributed by atoms with E-state index in [0.717, 1.165) is 5.65 Å². The van der Waals surface area contributed by atoms with E-state index >= 15 is 0 Å². The number of fused-ring (bicyclic) bond motifs is 1. The van der Waals surface area contributed by atoms with Crippen LogP contribution in [0.25, 0.3) is 5.65 Å². The molecule has 1 amide bonds. The maximum Gasteiger partial charge on any atom is 0.255 e. The Labute approximate surface area is 155 Å². The number of nitrogens with zero attached hydrogens (tertiary/aromatic N) is 2. The highest BCUT2D eigenvalue weighted by atomic mass is 35.5. The second kappa shape index (κ2) is 7.53. The van der Waals surface area contributed by atoms with E-state index in [0.29, 0.717) is 33.5 Å². The first-order chi connectivity index (χ1) is 12.5. The van der Waals surface area contributed by atoms with E-state index in [1.54, 1.807) is 28.8 Å². The number of methoxy groups -OCH3 is 3. The van der Waals surface area contributed by atoms with Gasteiger partial charge in [0.1, 0.15) is 11.4 Å². The van der Waals surface area contributed by atoms with Crippen LogP contribution in [0.3, 0.4) is 0 Å². The van der Waals surface area contributed by atoms with Crippen LogP contribution in [0.1, 0.15) is 16.1 Å². The molecular weight excluding hydrogens is 358 g/mol. The number of ether oxygens (including phenoxy) is 3. The lowest BCUT2D eigenvalue weighted by Crippen LogP contribution is -2.23. The van der Waals surface area contributed by atoms with Gasteiger partial charge < -0.3 is 23.9 Å². The summed E-state index contributed by atoms with van der Waals surface area (Å²) in [6, 6.07) is 6.77. The lowest BCUT2D eigenvalue weighted by molar-refractivity contribution is 0.0947. The van der Waals surface area contributed by atoms with Crippen LogP contribution < -0.4 is 19.5 Å². The zero-order valence-corrected chi connectivity index (χ0v) is 15.3. The first-order valence-corrected chi connectivity index (χ1v) is 8.15. The highest BCUT2D eigenvalue weighted by Crippen LogP contribution is 2.34. The van der Waals surface area contributed by atoms with Gasteiger partial charge in [-0.3, -0.25) is 4.79 Å². The van der Waals surface area contributed by atoms with Gasteiger partial charge in [0.05, 0.1) is 44.2 Å². The van der Waals surface area contributed by atoms with Gasteiger partial charge >= 0.3 is 0 Å². The summed E-state index contributed by atoms with van der Waals surface area (Å²) in [7, 11) is 4.52. The fraction of sp³-hybridized carbons (Fsp3) is 0.222. The highest BCUT2D eigenvalue weighted by Gasteiger charge is 2.18. The number of hydrogen-bond donors (Lipinski definition) is 1. The molecule has 0 saturated carbocycles. The number of halogens is 1. The van der Waals surface area contributed by atoms with E-state index in [4.69, 9.17) is 25.8 Å². The summed E-state index contributed by atoms with van der Waals surface area (Å²) in [6.45, 7) is 0.260. The summed E-state index contributed by atoms with van der Waals surface area (Å²) in [6.07, 6.45) is 3.57. The number of aromatic nitrogens is 2. The van der Waals surface area contributed by atoms with Gasteiger partial charge in [0, 0.05) is 24.5 Å². The molecule has 7 nitrogen and oxygen atoms in total. The van der Waals surface area contributed by atoms with Gasteiger partial charge in [-0.15, -0.1) is 0 Å². The van der Waals surface area contributed by atoms with Gasteiger partial charge in [-0.1, -0.05) is 11.6 Å². The minimum Gasteiger partial charge on any atom is -0.496 e. The quantitative estimate of drug-likeness (QED) is 0.717. The number of amides is 1. The molecule has 0 unspecified atom stereocenters. The van der Waals surface area contributed by atoms with Gasteiger partial charge in [-0.25, -0.2) is 4.98 Å². The number of nitrogens with one attached hydrogen (secondary N) is 1. The van der Waals surface area contributed by atoms with Crippen molar-refractivity contribution in [3.8, 4) is 17.2 Å². The second-order valence-electron chi connectivity index (χ2n) is 5.44. The topological polar surface area (TPSA) is 74.1 Å². The Morgan fingerprint density at radius 3 is 2.46 bits per heavy atom. The molecule has 2 aromatic heterocycles.